The molecule has 0 bridgehead atoms. The van der Waals surface area contributed by atoms with Crippen LogP contribution in [-0.2, 0) is 9.53 Å². The minimum absolute atomic E-state index is 0.233. The van der Waals surface area contributed by atoms with Crippen molar-refractivity contribution in [3.63, 3.8) is 0 Å². The van der Waals surface area contributed by atoms with Crippen molar-refractivity contribution in [1.82, 2.24) is 0 Å². The van der Waals surface area contributed by atoms with Crippen LogP contribution in [0.2, 0.25) is 0 Å². The molecule has 4 heteroatoms. The molecule has 1 aliphatic rings. The molecule has 2 nitrogen and oxygen atoms in total. The fourth-order valence-electron chi connectivity index (χ4n) is 1.38. The maximum atomic E-state index is 13.1. The number of cyclic esters (lactones) is 1. The molecule has 0 radical (unpaired) electrons. The van der Waals surface area contributed by atoms with Crippen molar-refractivity contribution in [2.24, 2.45) is 0 Å². The third-order valence-electron chi connectivity index (χ3n) is 2.20. The van der Waals surface area contributed by atoms with Crippen LogP contribution in [0.25, 0.3) is 0 Å². The lowest BCUT2D eigenvalue weighted by molar-refractivity contribution is -0.165. The lowest BCUT2D eigenvalue weighted by atomic mass is 10.0. The molecule has 1 rings (SSSR count). The van der Waals surface area contributed by atoms with Gasteiger partial charge in [-0.3, -0.25) is 0 Å². The lowest BCUT2D eigenvalue weighted by Crippen LogP contribution is -2.38. The Kier molecular flexibility index (Phi) is 3.61. The second-order valence-electron chi connectivity index (χ2n) is 3.43. The third kappa shape index (κ3) is 2.79. The second kappa shape index (κ2) is 4.53. The van der Waals surface area contributed by atoms with E-state index in [2.05, 4.69) is 4.74 Å². The highest BCUT2D eigenvalue weighted by Crippen LogP contribution is 2.30. The van der Waals surface area contributed by atoms with Crippen LogP contribution in [0.15, 0.2) is 12.2 Å². The molecule has 0 saturated carbocycles. The van der Waals surface area contributed by atoms with Crippen LogP contribution >= 0.6 is 0 Å². The molecule has 0 saturated heterocycles. The Hall–Kier alpha value is -0.930. The molecule has 1 atom stereocenters. The normalized spacial score (nSPS) is 24.8. The fourth-order valence-corrected chi connectivity index (χ4v) is 1.38. The summed E-state index contributed by atoms with van der Waals surface area (Å²) in [5.41, 5.74) is 0. The predicted molar refractivity (Wildman–Crippen MR) is 48.1 cm³/mol. The number of halogens is 2. The summed E-state index contributed by atoms with van der Waals surface area (Å²) in [6, 6.07) is 0. The number of hydrogen-bond acceptors (Lipinski definition) is 2. The summed E-state index contributed by atoms with van der Waals surface area (Å²) >= 11 is 0. The summed E-state index contributed by atoms with van der Waals surface area (Å²) < 4.78 is 30.8. The first-order chi connectivity index (χ1) is 6.56. The Balaban J connectivity index is 2.50. The molecule has 0 N–H and O–H groups in total. The van der Waals surface area contributed by atoms with Gasteiger partial charge in [0.1, 0.15) is 0 Å². The van der Waals surface area contributed by atoms with E-state index >= 15 is 0 Å². The fraction of sp³-hybridized carbons (Fsp3) is 0.700. The standard InChI is InChI=1S/C10H14F2O2/c1-2-3-4-5-8-10(11,12)7-6-9(13)14-8/h6-8H,2-5H2,1H3. The van der Waals surface area contributed by atoms with Crippen LogP contribution in [0.3, 0.4) is 0 Å². The third-order valence-corrected chi connectivity index (χ3v) is 2.20. The molecular formula is C10H14F2O2. The summed E-state index contributed by atoms with van der Waals surface area (Å²) in [4.78, 5) is 10.8. The zero-order valence-electron chi connectivity index (χ0n) is 8.13. The van der Waals surface area contributed by atoms with Gasteiger partial charge in [-0.1, -0.05) is 19.8 Å². The molecule has 14 heavy (non-hydrogen) atoms. The van der Waals surface area contributed by atoms with Gasteiger partial charge in [0.05, 0.1) is 0 Å². The largest absolute Gasteiger partial charge is 0.452 e. The SMILES string of the molecule is CCCCCC1OC(=O)C=CC1(F)F. The van der Waals surface area contributed by atoms with E-state index in [4.69, 9.17) is 0 Å². The number of rotatable bonds is 4. The van der Waals surface area contributed by atoms with Crippen LogP contribution in [0.4, 0.5) is 8.78 Å². The number of alkyl halides is 2. The van der Waals surface area contributed by atoms with Gasteiger partial charge in [0.15, 0.2) is 6.10 Å². The van der Waals surface area contributed by atoms with Crippen molar-refractivity contribution < 1.29 is 18.3 Å². The van der Waals surface area contributed by atoms with Crippen molar-refractivity contribution in [3.8, 4) is 0 Å². The quantitative estimate of drug-likeness (QED) is 0.520. The number of ether oxygens (including phenoxy) is 1. The maximum absolute atomic E-state index is 13.1. The molecule has 1 unspecified atom stereocenters. The van der Waals surface area contributed by atoms with Crippen molar-refractivity contribution >= 4 is 5.97 Å². The van der Waals surface area contributed by atoms with Crippen molar-refractivity contribution in [2.45, 2.75) is 44.6 Å². The molecule has 0 aliphatic carbocycles. The van der Waals surface area contributed by atoms with Crippen LogP contribution < -0.4 is 0 Å². The number of carbonyl (C=O) groups excluding carboxylic acids is 1. The molecule has 0 amide bonds. The predicted octanol–water partition coefficient (Wildman–Crippen LogP) is 2.68. The number of hydrogen-bond donors (Lipinski definition) is 0. The van der Waals surface area contributed by atoms with Gasteiger partial charge in [-0.15, -0.1) is 0 Å². The van der Waals surface area contributed by atoms with E-state index < -0.39 is 18.0 Å². The minimum Gasteiger partial charge on any atom is -0.452 e. The topological polar surface area (TPSA) is 26.3 Å². The highest BCUT2D eigenvalue weighted by molar-refractivity contribution is 5.83. The van der Waals surface area contributed by atoms with Gasteiger partial charge in [0.2, 0.25) is 0 Å². The minimum atomic E-state index is -3.00. The van der Waals surface area contributed by atoms with Gasteiger partial charge in [-0.05, 0) is 18.9 Å². The summed E-state index contributed by atoms with van der Waals surface area (Å²) in [6.07, 6.45) is 2.89. The second-order valence-corrected chi connectivity index (χ2v) is 3.43. The zero-order chi connectivity index (χ0) is 10.6. The van der Waals surface area contributed by atoms with Gasteiger partial charge < -0.3 is 4.74 Å². The molecule has 0 aromatic rings. The first-order valence-corrected chi connectivity index (χ1v) is 4.84. The van der Waals surface area contributed by atoms with Gasteiger partial charge in [-0.25, -0.2) is 4.79 Å². The van der Waals surface area contributed by atoms with Crippen LogP contribution in [-0.4, -0.2) is 18.0 Å². The Labute approximate surface area is 81.9 Å². The average Bonchev–Trinajstić information content (AvgIpc) is 2.12. The number of unbranched alkanes of at least 4 members (excludes halogenated alkanes) is 2. The Morgan fingerprint density at radius 3 is 2.86 bits per heavy atom. The van der Waals surface area contributed by atoms with E-state index in [1.165, 1.54) is 0 Å². The number of esters is 1. The monoisotopic (exact) mass is 204 g/mol. The lowest BCUT2D eigenvalue weighted by Gasteiger charge is -2.26. The summed E-state index contributed by atoms with van der Waals surface area (Å²) in [7, 11) is 0. The molecule has 0 aromatic heterocycles. The number of carbonyl (C=O) groups is 1. The average molecular weight is 204 g/mol. The summed E-state index contributed by atoms with van der Waals surface area (Å²) in [5, 5.41) is 0. The molecule has 1 aliphatic heterocycles. The zero-order valence-corrected chi connectivity index (χ0v) is 8.13. The van der Waals surface area contributed by atoms with E-state index in [1.54, 1.807) is 0 Å². The maximum Gasteiger partial charge on any atom is 0.331 e. The molecule has 1 heterocycles. The summed E-state index contributed by atoms with van der Waals surface area (Å²) in [6.45, 7) is 1.99. The van der Waals surface area contributed by atoms with E-state index in [0.717, 1.165) is 18.9 Å². The van der Waals surface area contributed by atoms with Gasteiger partial charge in [0.25, 0.3) is 0 Å². The first kappa shape index (κ1) is 11.1. The molecule has 80 valence electrons. The summed E-state index contributed by atoms with van der Waals surface area (Å²) in [5.74, 6) is -3.67. The molecule has 0 fully saturated rings. The Morgan fingerprint density at radius 2 is 2.21 bits per heavy atom. The molecule has 0 spiro atoms. The van der Waals surface area contributed by atoms with E-state index in [0.29, 0.717) is 12.5 Å². The highest BCUT2D eigenvalue weighted by atomic mass is 19.3. The highest BCUT2D eigenvalue weighted by Gasteiger charge is 2.42. The van der Waals surface area contributed by atoms with Gasteiger partial charge in [0, 0.05) is 6.08 Å². The van der Waals surface area contributed by atoms with Crippen molar-refractivity contribution in [2.75, 3.05) is 0 Å². The Bertz CT molecular complexity index is 236. The molecule has 0 aromatic carbocycles. The molecular weight excluding hydrogens is 190 g/mol. The van der Waals surface area contributed by atoms with Gasteiger partial charge >= 0.3 is 11.9 Å². The first-order valence-electron chi connectivity index (χ1n) is 4.84. The van der Waals surface area contributed by atoms with Gasteiger partial charge in [-0.2, -0.15) is 8.78 Å². The Morgan fingerprint density at radius 1 is 1.50 bits per heavy atom. The van der Waals surface area contributed by atoms with Crippen molar-refractivity contribution in [3.05, 3.63) is 12.2 Å². The smallest absolute Gasteiger partial charge is 0.331 e. The van der Waals surface area contributed by atoms with E-state index in [-0.39, 0.29) is 6.42 Å². The van der Waals surface area contributed by atoms with E-state index in [9.17, 15) is 13.6 Å². The van der Waals surface area contributed by atoms with Crippen LogP contribution in [0, 0.1) is 0 Å². The van der Waals surface area contributed by atoms with Crippen LogP contribution in [0.1, 0.15) is 32.6 Å². The van der Waals surface area contributed by atoms with Crippen molar-refractivity contribution in [1.29, 1.82) is 0 Å². The van der Waals surface area contributed by atoms with Crippen LogP contribution in [0.5, 0.6) is 0 Å². The van der Waals surface area contributed by atoms with E-state index in [1.807, 2.05) is 6.92 Å².